The highest BCUT2D eigenvalue weighted by molar-refractivity contribution is 6.20. The van der Waals surface area contributed by atoms with E-state index in [2.05, 4.69) is 108 Å². The van der Waals surface area contributed by atoms with Crippen molar-refractivity contribution in [2.75, 3.05) is 0 Å². The predicted octanol–water partition coefficient (Wildman–Crippen LogP) is 11.0. The molecule has 0 saturated heterocycles. The first kappa shape index (κ1) is 26.6. The van der Waals surface area contributed by atoms with Crippen LogP contribution in [0.5, 0.6) is 0 Å². The van der Waals surface area contributed by atoms with Crippen molar-refractivity contribution in [2.45, 2.75) is 0 Å². The third-order valence-electron chi connectivity index (χ3n) is 9.22. The number of benzene rings is 7. The second kappa shape index (κ2) is 10.5. The zero-order chi connectivity index (χ0) is 31.6. The Hall–Kier alpha value is -6.59. The van der Waals surface area contributed by atoms with Gasteiger partial charge in [0, 0.05) is 49.3 Å². The smallest absolute Gasteiger partial charge is 0.164 e. The van der Waals surface area contributed by atoms with Crippen molar-refractivity contribution >= 4 is 54.5 Å². The van der Waals surface area contributed by atoms with Gasteiger partial charge in [0.25, 0.3) is 0 Å². The van der Waals surface area contributed by atoms with E-state index >= 15 is 0 Å². The first-order valence-corrected chi connectivity index (χ1v) is 16.0. The van der Waals surface area contributed by atoms with Crippen LogP contribution >= 0.6 is 0 Å². The third-order valence-corrected chi connectivity index (χ3v) is 9.22. The Labute approximate surface area is 275 Å². The van der Waals surface area contributed by atoms with Crippen molar-refractivity contribution < 1.29 is 4.42 Å². The molecule has 3 aromatic heterocycles. The average molecular weight is 615 g/mol. The molecule has 5 heteroatoms. The Morgan fingerprint density at radius 1 is 0.438 bits per heavy atom. The molecule has 0 aliphatic rings. The lowest BCUT2D eigenvalue weighted by molar-refractivity contribution is 0.672. The highest BCUT2D eigenvalue weighted by Crippen LogP contribution is 2.41. The highest BCUT2D eigenvalue weighted by Gasteiger charge is 2.20. The van der Waals surface area contributed by atoms with E-state index in [1.165, 1.54) is 10.8 Å². The monoisotopic (exact) mass is 614 g/mol. The van der Waals surface area contributed by atoms with Crippen LogP contribution in [-0.4, -0.2) is 19.5 Å². The average Bonchev–Trinajstić information content (AvgIpc) is 3.72. The molecular weight excluding hydrogens is 589 g/mol. The Kier molecular flexibility index (Phi) is 5.81. The molecule has 0 spiro atoms. The van der Waals surface area contributed by atoms with Crippen molar-refractivity contribution in [3.05, 3.63) is 158 Å². The van der Waals surface area contributed by atoms with Gasteiger partial charge in [-0.05, 0) is 41.8 Å². The van der Waals surface area contributed by atoms with Crippen molar-refractivity contribution in [1.29, 1.82) is 0 Å². The fourth-order valence-electron chi connectivity index (χ4n) is 7.06. The minimum absolute atomic E-state index is 0.600. The number of nitrogens with zero attached hydrogens (tertiary/aromatic N) is 4. The van der Waals surface area contributed by atoms with Crippen molar-refractivity contribution in [3.63, 3.8) is 0 Å². The summed E-state index contributed by atoms with van der Waals surface area (Å²) in [6.45, 7) is 0. The van der Waals surface area contributed by atoms with E-state index in [0.29, 0.717) is 17.5 Å². The standard InChI is InChI=1S/C43H26N4O/c1-2-13-27(14-3-1)41-44-42(29-16-12-17-30(25-29)47-36-22-9-6-19-32(36)33-20-7-10-23-37(33)47)46-43(45-41)35-26-28-15-4-5-18-31(28)40-39(35)34-21-8-11-24-38(34)48-40/h1-26H. The van der Waals surface area contributed by atoms with Gasteiger partial charge >= 0.3 is 0 Å². The molecule has 5 nitrogen and oxygen atoms in total. The fraction of sp³-hybridized carbons (Fsp3) is 0. The number of aromatic nitrogens is 4. The van der Waals surface area contributed by atoms with Crippen LogP contribution in [0.15, 0.2) is 162 Å². The summed E-state index contributed by atoms with van der Waals surface area (Å²) in [6.07, 6.45) is 0. The number of para-hydroxylation sites is 3. The Morgan fingerprint density at radius 2 is 1.02 bits per heavy atom. The molecule has 0 saturated carbocycles. The number of rotatable bonds is 4. The number of furan rings is 1. The second-order valence-corrected chi connectivity index (χ2v) is 12.0. The third kappa shape index (κ3) is 4.08. The van der Waals surface area contributed by atoms with Gasteiger partial charge in [0.2, 0.25) is 0 Å². The van der Waals surface area contributed by atoms with Gasteiger partial charge in [-0.3, -0.25) is 0 Å². The van der Waals surface area contributed by atoms with Crippen molar-refractivity contribution in [1.82, 2.24) is 19.5 Å². The van der Waals surface area contributed by atoms with Crippen LogP contribution in [0, 0.1) is 0 Å². The van der Waals surface area contributed by atoms with Gasteiger partial charge in [-0.2, -0.15) is 0 Å². The van der Waals surface area contributed by atoms with Crippen LogP contribution in [0.4, 0.5) is 0 Å². The normalized spacial score (nSPS) is 11.8. The van der Waals surface area contributed by atoms with Gasteiger partial charge in [0.15, 0.2) is 17.5 Å². The van der Waals surface area contributed by atoms with Gasteiger partial charge in [-0.15, -0.1) is 0 Å². The maximum Gasteiger partial charge on any atom is 0.164 e. The lowest BCUT2D eigenvalue weighted by atomic mass is 9.99. The summed E-state index contributed by atoms with van der Waals surface area (Å²) in [5, 5.41) is 6.60. The van der Waals surface area contributed by atoms with E-state index < -0.39 is 0 Å². The van der Waals surface area contributed by atoms with E-state index in [0.717, 1.165) is 66.1 Å². The second-order valence-electron chi connectivity index (χ2n) is 12.0. The van der Waals surface area contributed by atoms with Gasteiger partial charge in [-0.25, -0.2) is 15.0 Å². The van der Waals surface area contributed by atoms with Gasteiger partial charge in [0.05, 0.1) is 11.0 Å². The molecule has 0 unspecified atom stereocenters. The minimum Gasteiger partial charge on any atom is -0.455 e. The lowest BCUT2D eigenvalue weighted by Crippen LogP contribution is -2.01. The molecule has 48 heavy (non-hydrogen) atoms. The van der Waals surface area contributed by atoms with Crippen molar-refractivity contribution in [2.24, 2.45) is 0 Å². The largest absolute Gasteiger partial charge is 0.455 e. The van der Waals surface area contributed by atoms with E-state index in [4.69, 9.17) is 19.4 Å². The Bertz CT molecular complexity index is 2800. The van der Waals surface area contributed by atoms with E-state index in [-0.39, 0.29) is 0 Å². The predicted molar refractivity (Wildman–Crippen MR) is 195 cm³/mol. The SMILES string of the molecule is c1ccc(-c2nc(-c3cccc(-n4c5ccccc5c5ccccc54)c3)nc(-c3cc4ccccc4c4oc5ccccc5c34)n2)cc1. The highest BCUT2D eigenvalue weighted by atomic mass is 16.3. The molecule has 0 amide bonds. The summed E-state index contributed by atoms with van der Waals surface area (Å²) in [7, 11) is 0. The summed E-state index contributed by atoms with van der Waals surface area (Å²) < 4.78 is 8.83. The quantitative estimate of drug-likeness (QED) is 0.198. The lowest BCUT2D eigenvalue weighted by Gasteiger charge is -2.12. The van der Waals surface area contributed by atoms with Crippen LogP contribution < -0.4 is 0 Å². The molecule has 3 heterocycles. The van der Waals surface area contributed by atoms with Gasteiger partial charge in [-0.1, -0.05) is 121 Å². The minimum atomic E-state index is 0.600. The molecule has 0 aliphatic heterocycles. The molecule has 10 rings (SSSR count). The van der Waals surface area contributed by atoms with E-state index in [1.54, 1.807) is 0 Å². The van der Waals surface area contributed by atoms with Crippen LogP contribution in [0.1, 0.15) is 0 Å². The molecule has 0 radical (unpaired) electrons. The summed E-state index contributed by atoms with van der Waals surface area (Å²) in [4.78, 5) is 15.4. The molecule has 10 aromatic rings. The molecule has 0 N–H and O–H groups in total. The summed E-state index contributed by atoms with van der Waals surface area (Å²) in [5.74, 6) is 1.82. The Morgan fingerprint density at radius 3 is 1.79 bits per heavy atom. The molecule has 224 valence electrons. The summed E-state index contributed by atoms with van der Waals surface area (Å²) >= 11 is 0. The number of hydrogen-bond acceptors (Lipinski definition) is 4. The first-order chi connectivity index (χ1) is 23.8. The molecule has 0 aliphatic carbocycles. The summed E-state index contributed by atoms with van der Waals surface area (Å²) in [5.41, 5.74) is 7.77. The van der Waals surface area contributed by atoms with Gasteiger partial charge < -0.3 is 8.98 Å². The van der Waals surface area contributed by atoms with Crippen molar-refractivity contribution in [3.8, 4) is 39.9 Å². The van der Waals surface area contributed by atoms with Crippen LogP contribution in [0.3, 0.4) is 0 Å². The zero-order valence-corrected chi connectivity index (χ0v) is 25.7. The van der Waals surface area contributed by atoms with Crippen LogP contribution in [-0.2, 0) is 0 Å². The number of fused-ring (bicyclic) bond motifs is 8. The molecular formula is C43H26N4O. The molecule has 0 bridgehead atoms. The Balaban J connectivity index is 1.24. The topological polar surface area (TPSA) is 56.7 Å². The van der Waals surface area contributed by atoms with Gasteiger partial charge in [0.1, 0.15) is 11.2 Å². The number of hydrogen-bond donors (Lipinski definition) is 0. The fourth-order valence-corrected chi connectivity index (χ4v) is 7.06. The van der Waals surface area contributed by atoms with E-state index in [1.807, 2.05) is 54.6 Å². The first-order valence-electron chi connectivity index (χ1n) is 16.0. The molecule has 0 atom stereocenters. The maximum absolute atomic E-state index is 6.51. The van der Waals surface area contributed by atoms with E-state index in [9.17, 15) is 0 Å². The van der Waals surface area contributed by atoms with Crippen LogP contribution in [0.25, 0.3) is 94.4 Å². The molecule has 7 aromatic carbocycles. The summed E-state index contributed by atoms with van der Waals surface area (Å²) in [6, 6.07) is 54.4. The molecule has 0 fully saturated rings. The maximum atomic E-state index is 6.51. The van der Waals surface area contributed by atoms with Crippen LogP contribution in [0.2, 0.25) is 0 Å². The zero-order valence-electron chi connectivity index (χ0n) is 25.7.